The molecule has 3 aromatic heterocycles. The molecular formula is C21H26N8O3S. The first kappa shape index (κ1) is 21.7. The highest BCUT2D eigenvalue weighted by Crippen LogP contribution is 2.23. The summed E-state index contributed by atoms with van der Waals surface area (Å²) in [6, 6.07) is 3.71. The number of aromatic nitrogens is 6. The molecule has 0 saturated carbocycles. The fourth-order valence-electron chi connectivity index (χ4n) is 4.31. The highest BCUT2D eigenvalue weighted by molar-refractivity contribution is 7.91. The maximum absolute atomic E-state index is 13.0. The number of pyridine rings is 1. The van der Waals surface area contributed by atoms with Crippen molar-refractivity contribution in [1.29, 1.82) is 0 Å². The van der Waals surface area contributed by atoms with Crippen molar-refractivity contribution < 1.29 is 13.2 Å². The zero-order valence-electron chi connectivity index (χ0n) is 18.2. The minimum atomic E-state index is -2.89. The minimum absolute atomic E-state index is 0.00320. The minimum Gasteiger partial charge on any atom is -0.338 e. The van der Waals surface area contributed by atoms with E-state index in [4.69, 9.17) is 0 Å². The van der Waals surface area contributed by atoms with E-state index in [0.717, 1.165) is 18.5 Å². The predicted octanol–water partition coefficient (Wildman–Crippen LogP) is 0.567. The summed E-state index contributed by atoms with van der Waals surface area (Å²) in [6.45, 7) is 2.96. The number of nitrogens with zero attached hydrogens (tertiary/aromatic N) is 8. The molecule has 1 amide bonds. The van der Waals surface area contributed by atoms with Crippen LogP contribution in [0.25, 0.3) is 5.82 Å². The SMILES string of the molecule is O=C(c1ccnc(-n2ccnc2)c1)N1CCC(n2cc(CN3CCS(=O)(=O)CC3)nn2)CC1. The summed E-state index contributed by atoms with van der Waals surface area (Å²) >= 11 is 0. The molecule has 0 aromatic carbocycles. The third kappa shape index (κ3) is 4.96. The molecule has 12 heteroatoms. The van der Waals surface area contributed by atoms with E-state index in [9.17, 15) is 13.2 Å². The number of likely N-dealkylation sites (tertiary alicyclic amines) is 1. The molecule has 5 heterocycles. The first-order valence-electron chi connectivity index (χ1n) is 11.0. The second-order valence-electron chi connectivity index (χ2n) is 8.51. The molecule has 0 atom stereocenters. The molecule has 0 unspecified atom stereocenters. The van der Waals surface area contributed by atoms with Crippen LogP contribution < -0.4 is 0 Å². The van der Waals surface area contributed by atoms with Crippen LogP contribution in [0.2, 0.25) is 0 Å². The lowest BCUT2D eigenvalue weighted by Crippen LogP contribution is -2.39. The van der Waals surface area contributed by atoms with Gasteiger partial charge < -0.3 is 4.90 Å². The molecule has 2 saturated heterocycles. The first-order chi connectivity index (χ1) is 16.0. The Hall–Kier alpha value is -3.12. The van der Waals surface area contributed by atoms with Crippen LogP contribution in [0, 0.1) is 0 Å². The van der Waals surface area contributed by atoms with Crippen molar-refractivity contribution in [3.8, 4) is 5.82 Å². The summed E-state index contributed by atoms with van der Waals surface area (Å²) in [7, 11) is -2.89. The normalized spacial score (nSPS) is 19.6. The maximum Gasteiger partial charge on any atom is 0.254 e. The Morgan fingerprint density at radius 1 is 1.09 bits per heavy atom. The summed E-state index contributed by atoms with van der Waals surface area (Å²) in [5, 5.41) is 8.59. The van der Waals surface area contributed by atoms with Crippen LogP contribution >= 0.6 is 0 Å². The van der Waals surface area contributed by atoms with Crippen LogP contribution in [0.15, 0.2) is 43.2 Å². The first-order valence-corrected chi connectivity index (χ1v) is 12.9. The molecule has 174 valence electrons. The Kier molecular flexibility index (Phi) is 5.94. The number of amides is 1. The lowest BCUT2D eigenvalue weighted by molar-refractivity contribution is 0.0689. The van der Waals surface area contributed by atoms with Crippen molar-refractivity contribution in [2.75, 3.05) is 37.7 Å². The van der Waals surface area contributed by atoms with Crippen LogP contribution in [-0.2, 0) is 16.4 Å². The molecule has 2 aliphatic heterocycles. The fraction of sp³-hybridized carbons (Fsp3) is 0.476. The predicted molar refractivity (Wildman–Crippen MR) is 119 cm³/mol. The van der Waals surface area contributed by atoms with Gasteiger partial charge in [0.15, 0.2) is 9.84 Å². The zero-order valence-corrected chi connectivity index (χ0v) is 19.0. The highest BCUT2D eigenvalue weighted by Gasteiger charge is 2.27. The van der Waals surface area contributed by atoms with E-state index < -0.39 is 9.84 Å². The van der Waals surface area contributed by atoms with Crippen molar-refractivity contribution in [3.63, 3.8) is 0 Å². The van der Waals surface area contributed by atoms with Gasteiger partial charge in [0, 0.05) is 56.9 Å². The van der Waals surface area contributed by atoms with Crippen molar-refractivity contribution in [2.45, 2.75) is 25.4 Å². The van der Waals surface area contributed by atoms with Gasteiger partial charge in [-0.2, -0.15) is 0 Å². The molecule has 0 radical (unpaired) electrons. The molecule has 0 spiro atoms. The lowest BCUT2D eigenvalue weighted by atomic mass is 10.0. The Morgan fingerprint density at radius 2 is 1.88 bits per heavy atom. The Labute approximate surface area is 192 Å². The highest BCUT2D eigenvalue weighted by atomic mass is 32.2. The van der Waals surface area contributed by atoms with Crippen LogP contribution in [-0.4, -0.2) is 91.3 Å². The van der Waals surface area contributed by atoms with Gasteiger partial charge >= 0.3 is 0 Å². The molecule has 0 bridgehead atoms. The van der Waals surface area contributed by atoms with Gasteiger partial charge in [-0.3, -0.25) is 14.3 Å². The van der Waals surface area contributed by atoms with Crippen molar-refractivity contribution >= 4 is 15.7 Å². The fourth-order valence-corrected chi connectivity index (χ4v) is 5.58. The van der Waals surface area contributed by atoms with Gasteiger partial charge in [0.25, 0.3) is 5.91 Å². The Bertz CT molecular complexity index is 1200. The van der Waals surface area contributed by atoms with E-state index in [2.05, 4.69) is 25.2 Å². The smallest absolute Gasteiger partial charge is 0.254 e. The Balaban J connectivity index is 1.16. The molecule has 11 nitrogen and oxygen atoms in total. The van der Waals surface area contributed by atoms with Gasteiger partial charge in [-0.05, 0) is 25.0 Å². The molecule has 3 aromatic rings. The third-order valence-electron chi connectivity index (χ3n) is 6.27. The number of piperidine rings is 1. The lowest BCUT2D eigenvalue weighted by Gasteiger charge is -2.32. The van der Waals surface area contributed by atoms with E-state index in [1.165, 1.54) is 0 Å². The summed E-state index contributed by atoms with van der Waals surface area (Å²) in [6.07, 6.45) is 10.3. The molecule has 5 rings (SSSR count). The summed E-state index contributed by atoms with van der Waals surface area (Å²) in [4.78, 5) is 25.3. The van der Waals surface area contributed by atoms with Crippen LogP contribution in [0.1, 0.15) is 34.9 Å². The number of imidazole rings is 1. The number of carbonyl (C=O) groups excluding carboxylic acids is 1. The molecule has 0 N–H and O–H groups in total. The summed E-state index contributed by atoms with van der Waals surface area (Å²) < 4.78 is 26.9. The zero-order chi connectivity index (χ0) is 22.8. The van der Waals surface area contributed by atoms with Gasteiger partial charge in [0.2, 0.25) is 0 Å². The van der Waals surface area contributed by atoms with Crippen molar-refractivity contribution in [3.05, 3.63) is 54.5 Å². The van der Waals surface area contributed by atoms with Crippen molar-refractivity contribution in [1.82, 2.24) is 39.3 Å². The van der Waals surface area contributed by atoms with Crippen molar-refractivity contribution in [2.24, 2.45) is 0 Å². The van der Waals surface area contributed by atoms with E-state index in [-0.39, 0.29) is 23.5 Å². The van der Waals surface area contributed by atoms with Crippen LogP contribution in [0.4, 0.5) is 0 Å². The quantitative estimate of drug-likeness (QED) is 0.531. The van der Waals surface area contributed by atoms with Gasteiger partial charge in [0.05, 0.1) is 29.4 Å². The number of hydrogen-bond donors (Lipinski definition) is 0. The third-order valence-corrected chi connectivity index (χ3v) is 7.88. The average Bonchev–Trinajstić information content (AvgIpc) is 3.53. The van der Waals surface area contributed by atoms with Gasteiger partial charge in [-0.15, -0.1) is 5.10 Å². The Morgan fingerprint density at radius 3 is 2.61 bits per heavy atom. The topological polar surface area (TPSA) is 119 Å². The van der Waals surface area contributed by atoms with E-state index in [0.29, 0.717) is 44.1 Å². The van der Waals surface area contributed by atoms with Gasteiger partial charge in [0.1, 0.15) is 12.1 Å². The second kappa shape index (κ2) is 9.02. The molecule has 2 fully saturated rings. The largest absolute Gasteiger partial charge is 0.338 e. The molecule has 0 aliphatic carbocycles. The standard InChI is InChI=1S/C21H26N8O3S/c30-21(17-1-4-23-20(13-17)28-8-5-22-16-28)27-6-2-19(3-7-27)29-15-18(24-25-29)14-26-9-11-33(31,32)12-10-26/h1,4-5,8,13,15-16,19H,2-3,6-7,9-12,14H2. The van der Waals surface area contributed by atoms with E-state index >= 15 is 0 Å². The molecule has 33 heavy (non-hydrogen) atoms. The summed E-state index contributed by atoms with van der Waals surface area (Å²) in [5.74, 6) is 1.07. The van der Waals surface area contributed by atoms with Crippen LogP contribution in [0.5, 0.6) is 0 Å². The molecular weight excluding hydrogens is 444 g/mol. The number of hydrogen-bond acceptors (Lipinski definition) is 8. The van der Waals surface area contributed by atoms with Gasteiger partial charge in [-0.25, -0.2) is 23.1 Å². The van der Waals surface area contributed by atoms with Gasteiger partial charge in [-0.1, -0.05) is 5.21 Å². The molecule has 2 aliphatic rings. The number of rotatable bonds is 5. The van der Waals surface area contributed by atoms with Crippen LogP contribution in [0.3, 0.4) is 0 Å². The monoisotopic (exact) mass is 470 g/mol. The van der Waals surface area contributed by atoms with E-state index in [1.54, 1.807) is 41.6 Å². The maximum atomic E-state index is 13.0. The summed E-state index contributed by atoms with van der Waals surface area (Å²) in [5.41, 5.74) is 1.45. The van der Waals surface area contributed by atoms with E-state index in [1.807, 2.05) is 15.8 Å². The number of carbonyl (C=O) groups is 1. The second-order valence-corrected chi connectivity index (χ2v) is 10.8. The number of sulfone groups is 1. The average molecular weight is 471 g/mol.